The summed E-state index contributed by atoms with van der Waals surface area (Å²) in [5.41, 5.74) is 6.66. The molecule has 17 heavy (non-hydrogen) atoms. The summed E-state index contributed by atoms with van der Waals surface area (Å²) < 4.78 is 12.1. The largest absolute Gasteiger partial charge is 0.491 e. The Morgan fingerprint density at radius 1 is 1.24 bits per heavy atom. The van der Waals surface area contributed by atoms with Crippen LogP contribution < -0.4 is 10.5 Å². The summed E-state index contributed by atoms with van der Waals surface area (Å²) in [5.74, 6) is 0.842. The first-order chi connectivity index (χ1) is 8.27. The Kier molecular flexibility index (Phi) is 7.24. The highest BCUT2D eigenvalue weighted by atomic mass is 79.9. The lowest BCUT2D eigenvalue weighted by Gasteiger charge is -2.11. The Morgan fingerprint density at radius 3 is 2.76 bits per heavy atom. The third-order valence-electron chi connectivity index (χ3n) is 2.37. The minimum absolute atomic E-state index is 0.478. The van der Waals surface area contributed by atoms with Crippen LogP contribution in [0.25, 0.3) is 0 Å². The van der Waals surface area contributed by atoms with Gasteiger partial charge in [-0.1, -0.05) is 29.3 Å². The van der Waals surface area contributed by atoms with E-state index >= 15 is 0 Å². The maximum atomic E-state index is 5.66. The molecule has 1 rings (SSSR count). The van der Waals surface area contributed by atoms with Crippen LogP contribution in [0.4, 0.5) is 0 Å². The number of halogens is 1. The molecule has 3 nitrogen and oxygen atoms in total. The molecule has 0 aromatic heterocycles. The van der Waals surface area contributed by atoms with Gasteiger partial charge in [-0.15, -0.1) is 0 Å². The Bertz CT molecular complexity index is 331. The van der Waals surface area contributed by atoms with E-state index in [9.17, 15) is 0 Å². The molecule has 0 bridgehead atoms. The van der Waals surface area contributed by atoms with Gasteiger partial charge in [0.2, 0.25) is 0 Å². The van der Waals surface area contributed by atoms with Gasteiger partial charge in [0.1, 0.15) is 12.4 Å². The molecule has 0 amide bonds. The molecule has 0 aliphatic heterocycles. The lowest BCUT2D eigenvalue weighted by Crippen LogP contribution is -2.09. The summed E-state index contributed by atoms with van der Waals surface area (Å²) >= 11 is 3.41. The second-order valence-corrected chi connectivity index (χ2v) is 4.69. The topological polar surface area (TPSA) is 44.5 Å². The summed E-state index contributed by atoms with van der Waals surface area (Å²) in [6.07, 6.45) is 2.26. The van der Waals surface area contributed by atoms with Crippen molar-refractivity contribution in [1.29, 1.82) is 0 Å². The van der Waals surface area contributed by atoms with Crippen LogP contribution in [-0.2, 0) is 11.3 Å². The van der Waals surface area contributed by atoms with Crippen LogP contribution >= 0.6 is 15.9 Å². The number of hydrogen-bond acceptors (Lipinski definition) is 3. The molecule has 0 aliphatic carbocycles. The number of nitrogens with two attached hydrogens (primary N) is 1. The average molecular weight is 302 g/mol. The number of rotatable bonds is 8. The molecule has 0 saturated heterocycles. The summed E-state index contributed by atoms with van der Waals surface area (Å²) in [4.78, 5) is 0. The first-order valence-electron chi connectivity index (χ1n) is 5.97. The molecule has 2 N–H and O–H groups in total. The van der Waals surface area contributed by atoms with Gasteiger partial charge in [0.25, 0.3) is 0 Å². The van der Waals surface area contributed by atoms with E-state index in [-0.39, 0.29) is 0 Å². The molecule has 0 aliphatic rings. The molecule has 0 atom stereocenters. The Balaban J connectivity index is 2.31. The van der Waals surface area contributed by atoms with Gasteiger partial charge in [-0.05, 0) is 24.6 Å². The molecule has 0 radical (unpaired) electrons. The normalized spacial score (nSPS) is 10.5. The van der Waals surface area contributed by atoms with Gasteiger partial charge in [-0.25, -0.2) is 0 Å². The predicted octanol–water partition coefficient (Wildman–Crippen LogP) is 3.10. The molecule has 0 fully saturated rings. The Labute approximate surface area is 111 Å². The molecule has 0 unspecified atom stereocenters. The first kappa shape index (κ1) is 14.5. The average Bonchev–Trinajstić information content (AvgIpc) is 2.35. The quantitative estimate of drug-likeness (QED) is 0.750. The monoisotopic (exact) mass is 301 g/mol. The van der Waals surface area contributed by atoms with Crippen LogP contribution in [-0.4, -0.2) is 19.8 Å². The van der Waals surface area contributed by atoms with Crippen LogP contribution in [0, 0.1) is 0 Å². The highest BCUT2D eigenvalue weighted by molar-refractivity contribution is 9.10. The lowest BCUT2D eigenvalue weighted by atomic mass is 10.2. The van der Waals surface area contributed by atoms with Crippen molar-refractivity contribution in [3.63, 3.8) is 0 Å². The van der Waals surface area contributed by atoms with E-state index in [0.717, 1.165) is 35.2 Å². The molecular weight excluding hydrogens is 282 g/mol. The fraction of sp³-hybridized carbons (Fsp3) is 0.538. The van der Waals surface area contributed by atoms with Gasteiger partial charge >= 0.3 is 0 Å². The van der Waals surface area contributed by atoms with Crippen molar-refractivity contribution in [3.8, 4) is 5.75 Å². The van der Waals surface area contributed by atoms with Crippen LogP contribution in [0.1, 0.15) is 25.3 Å². The molecule has 1 aromatic rings. The zero-order valence-electron chi connectivity index (χ0n) is 10.2. The second-order valence-electron chi connectivity index (χ2n) is 3.77. The van der Waals surface area contributed by atoms with Gasteiger partial charge in [-0.3, -0.25) is 0 Å². The van der Waals surface area contributed by atoms with Gasteiger partial charge in [0.15, 0.2) is 0 Å². The fourth-order valence-corrected chi connectivity index (χ4v) is 1.82. The van der Waals surface area contributed by atoms with E-state index in [1.54, 1.807) is 0 Å². The van der Waals surface area contributed by atoms with Gasteiger partial charge in [0, 0.05) is 23.2 Å². The number of hydrogen-bond donors (Lipinski definition) is 1. The standard InChI is InChI=1S/C13H20BrNO2/c1-2-3-6-16-7-8-17-13-5-4-12(14)9-11(13)10-15/h4-5,9H,2-3,6-8,10,15H2,1H3. The maximum Gasteiger partial charge on any atom is 0.123 e. The minimum Gasteiger partial charge on any atom is -0.491 e. The van der Waals surface area contributed by atoms with Crippen LogP contribution in [0.3, 0.4) is 0 Å². The third-order valence-corrected chi connectivity index (χ3v) is 2.86. The zero-order chi connectivity index (χ0) is 12.5. The van der Waals surface area contributed by atoms with E-state index in [1.165, 1.54) is 0 Å². The lowest BCUT2D eigenvalue weighted by molar-refractivity contribution is 0.0977. The van der Waals surface area contributed by atoms with Crippen molar-refractivity contribution >= 4 is 15.9 Å². The number of ether oxygens (including phenoxy) is 2. The minimum atomic E-state index is 0.478. The third kappa shape index (κ3) is 5.52. The first-order valence-corrected chi connectivity index (χ1v) is 6.76. The fourth-order valence-electron chi connectivity index (χ4n) is 1.41. The van der Waals surface area contributed by atoms with Crippen molar-refractivity contribution in [1.82, 2.24) is 0 Å². The zero-order valence-corrected chi connectivity index (χ0v) is 11.8. The van der Waals surface area contributed by atoms with Crippen molar-refractivity contribution in [2.75, 3.05) is 19.8 Å². The van der Waals surface area contributed by atoms with E-state index in [0.29, 0.717) is 19.8 Å². The Morgan fingerprint density at radius 2 is 2.06 bits per heavy atom. The highest BCUT2D eigenvalue weighted by Crippen LogP contribution is 2.22. The molecule has 1 aromatic carbocycles. The van der Waals surface area contributed by atoms with E-state index in [2.05, 4.69) is 22.9 Å². The molecule has 96 valence electrons. The maximum absolute atomic E-state index is 5.66. The molecule has 0 saturated carbocycles. The summed E-state index contributed by atoms with van der Waals surface area (Å²) in [5, 5.41) is 0. The number of unbranched alkanes of at least 4 members (excludes halogenated alkanes) is 1. The van der Waals surface area contributed by atoms with E-state index < -0.39 is 0 Å². The summed E-state index contributed by atoms with van der Waals surface area (Å²) in [6, 6.07) is 5.86. The van der Waals surface area contributed by atoms with Gasteiger partial charge < -0.3 is 15.2 Å². The van der Waals surface area contributed by atoms with Crippen molar-refractivity contribution in [2.24, 2.45) is 5.73 Å². The van der Waals surface area contributed by atoms with E-state index in [1.807, 2.05) is 18.2 Å². The van der Waals surface area contributed by atoms with Crippen LogP contribution in [0.2, 0.25) is 0 Å². The van der Waals surface area contributed by atoms with Crippen LogP contribution in [0.5, 0.6) is 5.75 Å². The van der Waals surface area contributed by atoms with Gasteiger partial charge in [0.05, 0.1) is 6.61 Å². The van der Waals surface area contributed by atoms with Crippen LogP contribution in [0.15, 0.2) is 22.7 Å². The predicted molar refractivity (Wildman–Crippen MR) is 73.3 cm³/mol. The SMILES string of the molecule is CCCCOCCOc1ccc(Br)cc1CN. The van der Waals surface area contributed by atoms with Crippen molar-refractivity contribution < 1.29 is 9.47 Å². The summed E-state index contributed by atoms with van der Waals surface area (Å²) in [7, 11) is 0. The van der Waals surface area contributed by atoms with Gasteiger partial charge in [-0.2, -0.15) is 0 Å². The van der Waals surface area contributed by atoms with E-state index in [4.69, 9.17) is 15.2 Å². The number of benzene rings is 1. The van der Waals surface area contributed by atoms with Crippen molar-refractivity contribution in [3.05, 3.63) is 28.2 Å². The highest BCUT2D eigenvalue weighted by Gasteiger charge is 2.02. The Hall–Kier alpha value is -0.580. The molecule has 0 spiro atoms. The molecule has 4 heteroatoms. The second kappa shape index (κ2) is 8.50. The molecular formula is C13H20BrNO2. The summed E-state index contributed by atoms with van der Waals surface area (Å²) in [6.45, 7) is 4.63. The van der Waals surface area contributed by atoms with Crippen molar-refractivity contribution in [2.45, 2.75) is 26.3 Å². The molecule has 0 heterocycles. The smallest absolute Gasteiger partial charge is 0.123 e.